The Morgan fingerprint density at radius 2 is 1.50 bits per heavy atom. The molecule has 0 amide bonds. The van der Waals surface area contributed by atoms with Crippen LogP contribution in [0.5, 0.6) is 17.2 Å². The van der Waals surface area contributed by atoms with E-state index in [0.29, 0.717) is 17.0 Å². The van der Waals surface area contributed by atoms with Gasteiger partial charge in [-0.25, -0.2) is 4.57 Å². The van der Waals surface area contributed by atoms with Crippen LogP contribution < -0.4 is 14.9 Å². The number of ether oxygens (including phenoxy) is 2. The Morgan fingerprint density at radius 3 is 2.00 bits per heavy atom. The maximum atomic E-state index is 12.7. The number of benzene rings is 2. The van der Waals surface area contributed by atoms with Gasteiger partial charge < -0.3 is 24.2 Å². The fourth-order valence-corrected chi connectivity index (χ4v) is 3.30. The van der Waals surface area contributed by atoms with Crippen LogP contribution in [0, 0.1) is 6.92 Å². The molecule has 3 rings (SSSR count). The van der Waals surface area contributed by atoms with E-state index in [1.807, 2.05) is 0 Å². The van der Waals surface area contributed by atoms with Gasteiger partial charge in [-0.15, -0.1) is 13.2 Å². The van der Waals surface area contributed by atoms with Gasteiger partial charge in [0.05, 0.1) is 17.9 Å². The number of aromatic amines is 1. The predicted octanol–water partition coefficient (Wildman–Crippen LogP) is 4.66. The van der Waals surface area contributed by atoms with Gasteiger partial charge in [0, 0.05) is 5.69 Å². The van der Waals surface area contributed by atoms with Crippen molar-refractivity contribution in [1.29, 1.82) is 0 Å². The first-order valence-electron chi connectivity index (χ1n) is 9.08. The van der Waals surface area contributed by atoms with Crippen LogP contribution in [-0.4, -0.2) is 50.7 Å². The Bertz CT molecular complexity index is 1250. The molecule has 2 aromatic carbocycles. The van der Waals surface area contributed by atoms with E-state index in [9.17, 15) is 22.5 Å². The number of H-pyrrole nitrogens is 1. The molecule has 3 N–H and O–H groups in total. The molecule has 8 nitrogen and oxygen atoms in total. The van der Waals surface area contributed by atoms with Crippen LogP contribution >= 0.6 is 19.4 Å². The molecule has 1 aromatic heterocycles. The number of nitrogens with one attached hydrogen (secondary N) is 1. The second kappa shape index (κ2) is 11.3. The second-order valence-electron chi connectivity index (χ2n) is 6.66. The quantitative estimate of drug-likeness (QED) is 0.301. The molecule has 0 fully saturated rings. The molecular formula is C20H17ClF3NNaO7P. The summed E-state index contributed by atoms with van der Waals surface area (Å²) in [6.45, 7) is 0.952. The molecule has 0 spiro atoms. The third-order valence-electron chi connectivity index (χ3n) is 4.21. The van der Waals surface area contributed by atoms with E-state index >= 15 is 0 Å². The maximum absolute atomic E-state index is 12.7. The molecule has 0 aliphatic carbocycles. The Hall–Kier alpha value is -1.82. The number of pyridine rings is 1. The zero-order chi connectivity index (χ0) is 24.4. The molecule has 0 atom stereocenters. The van der Waals surface area contributed by atoms with Crippen molar-refractivity contribution in [2.24, 2.45) is 0 Å². The van der Waals surface area contributed by atoms with Crippen molar-refractivity contribution in [2.45, 2.75) is 19.9 Å². The van der Waals surface area contributed by atoms with E-state index in [4.69, 9.17) is 26.1 Å². The van der Waals surface area contributed by atoms with Crippen molar-refractivity contribution in [3.8, 4) is 28.4 Å². The minimum atomic E-state index is -4.80. The molecule has 1 heterocycles. The average Bonchev–Trinajstić information content (AvgIpc) is 2.71. The third kappa shape index (κ3) is 7.86. The van der Waals surface area contributed by atoms with Gasteiger partial charge in [0.1, 0.15) is 22.3 Å². The molecule has 0 aliphatic heterocycles. The molecule has 0 radical (unpaired) electrons. The topological polar surface area (TPSA) is 118 Å². The molecular weight excluding hydrogens is 513 g/mol. The van der Waals surface area contributed by atoms with Gasteiger partial charge in [0.15, 0.2) is 0 Å². The molecule has 14 heteroatoms. The van der Waals surface area contributed by atoms with Crippen molar-refractivity contribution in [3.63, 3.8) is 0 Å². The van der Waals surface area contributed by atoms with Gasteiger partial charge in [-0.05, 0) is 48.9 Å². The number of halogens is 4. The Morgan fingerprint density at radius 1 is 1.00 bits per heavy atom. The molecule has 0 bridgehead atoms. The summed E-state index contributed by atoms with van der Waals surface area (Å²) < 4.78 is 61.7. The van der Waals surface area contributed by atoms with E-state index in [1.165, 1.54) is 43.3 Å². The number of alkyl halides is 3. The summed E-state index contributed by atoms with van der Waals surface area (Å²) in [6, 6.07) is 10.8. The molecule has 34 heavy (non-hydrogen) atoms. The minimum absolute atomic E-state index is 0. The van der Waals surface area contributed by atoms with E-state index in [-0.39, 0.29) is 51.6 Å². The molecule has 3 aromatic rings. The average molecular weight is 530 g/mol. The number of hydrogen-bond donors (Lipinski definition) is 3. The van der Waals surface area contributed by atoms with Crippen LogP contribution in [0.1, 0.15) is 11.4 Å². The monoisotopic (exact) mass is 529 g/mol. The van der Waals surface area contributed by atoms with E-state index in [0.717, 1.165) is 12.1 Å². The van der Waals surface area contributed by atoms with Crippen LogP contribution in [0.15, 0.2) is 53.3 Å². The zero-order valence-electron chi connectivity index (χ0n) is 16.7. The normalized spacial score (nSPS) is 11.6. The number of phosphoric ester groups is 1. The van der Waals surface area contributed by atoms with Gasteiger partial charge in [0.2, 0.25) is 5.43 Å². The number of aromatic nitrogens is 1. The third-order valence-corrected chi connectivity index (χ3v) is 5.13. The van der Waals surface area contributed by atoms with Crippen LogP contribution in [-0.2, 0) is 15.7 Å². The fraction of sp³-hybridized carbons (Fsp3) is 0.150. The van der Waals surface area contributed by atoms with Gasteiger partial charge in [-0.3, -0.25) is 9.32 Å². The SMILES string of the molecule is Cc1[nH]c(COP(=O)(O)O)c(-c2ccc(Oc3ccc(OC(F)(F)F)cc3)cc2)c(=O)c1Cl.[NaH]. The summed E-state index contributed by atoms with van der Waals surface area (Å²) in [7, 11) is -4.79. The Labute approximate surface area is 218 Å². The first-order chi connectivity index (χ1) is 15.3. The summed E-state index contributed by atoms with van der Waals surface area (Å²) >= 11 is 6.04. The number of aryl methyl sites for hydroxylation is 1. The fourth-order valence-electron chi connectivity index (χ4n) is 2.86. The first-order valence-corrected chi connectivity index (χ1v) is 11.0. The van der Waals surface area contributed by atoms with Crippen molar-refractivity contribution in [3.05, 3.63) is 75.2 Å². The van der Waals surface area contributed by atoms with E-state index in [1.54, 1.807) is 0 Å². The van der Waals surface area contributed by atoms with Gasteiger partial charge in [0.25, 0.3) is 0 Å². The Kier molecular flexibility index (Phi) is 9.43. The summed E-state index contributed by atoms with van der Waals surface area (Å²) in [5.41, 5.74) is 0.265. The summed E-state index contributed by atoms with van der Waals surface area (Å²) in [4.78, 5) is 33.5. The predicted molar refractivity (Wildman–Crippen MR) is 119 cm³/mol. The zero-order valence-corrected chi connectivity index (χ0v) is 18.4. The number of phosphoric acid groups is 1. The van der Waals surface area contributed by atoms with Crippen LogP contribution in [0.4, 0.5) is 13.2 Å². The molecule has 0 aliphatic rings. The molecule has 178 valence electrons. The van der Waals surface area contributed by atoms with Crippen molar-refractivity contribution in [2.75, 3.05) is 0 Å². The number of hydrogen-bond acceptors (Lipinski definition) is 5. The Balaban J connectivity index is 0.00000408. The summed E-state index contributed by atoms with van der Waals surface area (Å²) in [5, 5.41) is -0.0913. The van der Waals surface area contributed by atoms with Crippen molar-refractivity contribution in [1.82, 2.24) is 4.98 Å². The van der Waals surface area contributed by atoms with Gasteiger partial charge in [-0.2, -0.15) is 0 Å². The number of rotatable bonds is 7. The van der Waals surface area contributed by atoms with Crippen molar-refractivity contribution >= 4 is 49.0 Å². The van der Waals surface area contributed by atoms with Crippen LogP contribution in [0.3, 0.4) is 0 Å². The molecule has 0 saturated carbocycles. The molecule has 0 saturated heterocycles. The van der Waals surface area contributed by atoms with Gasteiger partial charge in [-0.1, -0.05) is 23.7 Å². The molecule has 0 unspecified atom stereocenters. The van der Waals surface area contributed by atoms with Crippen LogP contribution in [0.25, 0.3) is 11.1 Å². The second-order valence-corrected chi connectivity index (χ2v) is 8.27. The standard InChI is InChI=1S/C20H16ClF3NO7P.Na.H/c1-11-18(21)19(26)17(16(25-11)10-30-33(27,28)29)12-2-4-13(5-3-12)31-14-6-8-15(9-7-14)32-20(22,23)24;;/h2-9H,10H2,1H3,(H,25,26)(H2,27,28,29);;. The van der Waals surface area contributed by atoms with Crippen LogP contribution in [0.2, 0.25) is 5.02 Å². The first kappa shape index (κ1) is 28.4. The summed E-state index contributed by atoms with van der Waals surface area (Å²) in [5.74, 6) is 0.154. The van der Waals surface area contributed by atoms with Crippen molar-refractivity contribution < 1.29 is 41.5 Å². The summed E-state index contributed by atoms with van der Waals surface area (Å²) in [6.07, 6.45) is -4.80. The van der Waals surface area contributed by atoms with E-state index in [2.05, 4.69) is 14.2 Å². The van der Waals surface area contributed by atoms with E-state index < -0.39 is 32.0 Å². The van der Waals surface area contributed by atoms with Gasteiger partial charge >= 0.3 is 43.7 Å².